The molecule has 0 fully saturated rings. The number of hydrogen-bond donors (Lipinski definition) is 1. The maximum Gasteiger partial charge on any atom is 0.115 e. The van der Waals surface area contributed by atoms with Crippen LogP contribution in [0.4, 0.5) is 0 Å². The van der Waals surface area contributed by atoms with Crippen molar-refractivity contribution in [1.29, 1.82) is 0 Å². The first-order valence-corrected chi connectivity index (χ1v) is 14.9. The number of rotatable bonds is 3. The molecule has 0 aromatic heterocycles. The molecule has 0 amide bonds. The largest absolute Gasteiger partial charge is 0.508 e. The van der Waals surface area contributed by atoms with E-state index in [1.807, 2.05) is 23.9 Å². The fourth-order valence-corrected chi connectivity index (χ4v) is 8.32. The quantitative estimate of drug-likeness (QED) is 0.181. The van der Waals surface area contributed by atoms with E-state index >= 15 is 0 Å². The first-order chi connectivity index (χ1) is 19.7. The van der Waals surface area contributed by atoms with E-state index in [-0.39, 0.29) is 0 Å². The highest BCUT2D eigenvalue weighted by Gasteiger charge is 2.37. The molecule has 1 N–H and O–H groups in total. The van der Waals surface area contributed by atoms with Crippen LogP contribution in [0.1, 0.15) is 29.4 Å². The lowest BCUT2D eigenvalue weighted by atomic mass is 9.75. The van der Waals surface area contributed by atoms with E-state index in [9.17, 15) is 5.11 Å². The molecule has 0 saturated heterocycles. The molecule has 6 aromatic rings. The monoisotopic (exact) mass is 532 g/mol. The third-order valence-electron chi connectivity index (χ3n) is 8.70. The molecule has 192 valence electrons. The van der Waals surface area contributed by atoms with Gasteiger partial charge in [-0.15, -0.1) is 11.8 Å². The highest BCUT2D eigenvalue weighted by molar-refractivity contribution is 8.00. The van der Waals surface area contributed by atoms with Crippen molar-refractivity contribution in [2.75, 3.05) is 0 Å². The van der Waals surface area contributed by atoms with Crippen molar-refractivity contribution in [3.8, 4) is 28.0 Å². The lowest BCUT2D eigenvalue weighted by Gasteiger charge is -2.29. The standard InChI is InChI=1S/C38H28OS/c39-28-18-20-36-34(23-28)33-22-27(17-19-35(33)40-36)38-31-15-6-4-13-29(31)37(30-14-5-7-16-32(30)38)26-12-8-11-25(21-26)24-9-2-1-3-10-24/h1-21,23,27,33,35,39H,22H2. The third-order valence-corrected chi connectivity index (χ3v) is 10.1. The van der Waals surface area contributed by atoms with E-state index in [1.54, 1.807) is 0 Å². The van der Waals surface area contributed by atoms with Crippen LogP contribution in [0, 0.1) is 0 Å². The normalized spacial score (nSPS) is 19.6. The number of fused-ring (bicyclic) bond motifs is 5. The molecule has 2 heteroatoms. The van der Waals surface area contributed by atoms with Crippen molar-refractivity contribution >= 4 is 33.3 Å². The number of aromatic hydroxyl groups is 1. The Hall–Kier alpha value is -4.27. The van der Waals surface area contributed by atoms with Crippen LogP contribution in [0.25, 0.3) is 43.8 Å². The Morgan fingerprint density at radius 1 is 0.575 bits per heavy atom. The number of phenols is 1. The Balaban J connectivity index is 1.33. The minimum absolute atomic E-state index is 0.301. The SMILES string of the molecule is Oc1ccc2c(c1)C1CC(c3c4ccccc4c(-c4cccc(-c5ccccc5)c4)c4ccccc34)C=CC1S2. The molecule has 3 unspecified atom stereocenters. The molecule has 1 heterocycles. The molecule has 0 bridgehead atoms. The van der Waals surface area contributed by atoms with Crippen molar-refractivity contribution < 1.29 is 5.11 Å². The van der Waals surface area contributed by atoms with Crippen LogP contribution in [0.3, 0.4) is 0 Å². The summed E-state index contributed by atoms with van der Waals surface area (Å²) in [5, 5.41) is 16.0. The van der Waals surface area contributed by atoms with Crippen molar-refractivity contribution in [2.24, 2.45) is 0 Å². The van der Waals surface area contributed by atoms with Gasteiger partial charge in [-0.3, -0.25) is 0 Å². The second kappa shape index (κ2) is 9.43. The van der Waals surface area contributed by atoms with Crippen molar-refractivity contribution in [3.05, 3.63) is 145 Å². The zero-order valence-electron chi connectivity index (χ0n) is 22.0. The van der Waals surface area contributed by atoms with Gasteiger partial charge in [0.05, 0.1) is 0 Å². The first kappa shape index (κ1) is 23.6. The lowest BCUT2D eigenvalue weighted by Crippen LogP contribution is -2.17. The van der Waals surface area contributed by atoms with Crippen LogP contribution in [0.2, 0.25) is 0 Å². The summed E-state index contributed by atoms with van der Waals surface area (Å²) in [6.45, 7) is 0. The number of phenolic OH excluding ortho intramolecular Hbond substituents is 1. The Labute approximate surface area is 238 Å². The van der Waals surface area contributed by atoms with Gasteiger partial charge in [0.1, 0.15) is 5.75 Å². The van der Waals surface area contributed by atoms with Crippen LogP contribution >= 0.6 is 11.8 Å². The predicted molar refractivity (Wildman–Crippen MR) is 169 cm³/mol. The van der Waals surface area contributed by atoms with E-state index in [0.29, 0.717) is 22.8 Å². The van der Waals surface area contributed by atoms with Crippen LogP contribution in [0.5, 0.6) is 5.75 Å². The Morgan fingerprint density at radius 3 is 1.98 bits per heavy atom. The van der Waals surface area contributed by atoms with Gasteiger partial charge in [0.2, 0.25) is 0 Å². The van der Waals surface area contributed by atoms with Crippen LogP contribution in [-0.2, 0) is 0 Å². The molecule has 1 nitrogen and oxygen atoms in total. The molecule has 8 rings (SSSR count). The Kier molecular flexibility index (Phi) is 5.56. The summed E-state index contributed by atoms with van der Waals surface area (Å²) in [7, 11) is 0. The van der Waals surface area contributed by atoms with Gasteiger partial charge in [0.25, 0.3) is 0 Å². The zero-order valence-corrected chi connectivity index (χ0v) is 22.8. The maximum absolute atomic E-state index is 10.3. The fraction of sp³-hybridized carbons (Fsp3) is 0.105. The van der Waals surface area contributed by atoms with Gasteiger partial charge < -0.3 is 5.11 Å². The van der Waals surface area contributed by atoms with Crippen LogP contribution in [0.15, 0.2) is 138 Å². The molecule has 40 heavy (non-hydrogen) atoms. The van der Waals surface area contributed by atoms with Crippen LogP contribution < -0.4 is 0 Å². The zero-order chi connectivity index (χ0) is 26.6. The topological polar surface area (TPSA) is 20.2 Å². The molecule has 0 saturated carbocycles. The summed E-state index contributed by atoms with van der Waals surface area (Å²) in [5.41, 5.74) is 7.73. The van der Waals surface area contributed by atoms with E-state index in [1.165, 1.54) is 59.8 Å². The summed E-state index contributed by atoms with van der Waals surface area (Å²) in [4.78, 5) is 1.31. The van der Waals surface area contributed by atoms with E-state index in [0.717, 1.165) is 6.42 Å². The van der Waals surface area contributed by atoms with Gasteiger partial charge in [-0.1, -0.05) is 109 Å². The Bertz CT molecular complexity index is 1880. The van der Waals surface area contributed by atoms with Crippen molar-refractivity contribution in [1.82, 2.24) is 0 Å². The number of thioether (sulfide) groups is 1. The molecule has 0 spiro atoms. The van der Waals surface area contributed by atoms with Crippen molar-refractivity contribution in [3.63, 3.8) is 0 Å². The van der Waals surface area contributed by atoms with Gasteiger partial charge >= 0.3 is 0 Å². The molecule has 3 atom stereocenters. The number of benzene rings is 6. The van der Waals surface area contributed by atoms with Gasteiger partial charge in [-0.05, 0) is 85.6 Å². The molecule has 1 aliphatic carbocycles. The van der Waals surface area contributed by atoms with Gasteiger partial charge in [-0.25, -0.2) is 0 Å². The van der Waals surface area contributed by atoms with Gasteiger partial charge in [-0.2, -0.15) is 0 Å². The minimum Gasteiger partial charge on any atom is -0.508 e. The van der Waals surface area contributed by atoms with E-state index in [4.69, 9.17) is 0 Å². The summed E-state index contributed by atoms with van der Waals surface area (Å²) in [6.07, 6.45) is 5.91. The second-order valence-corrected chi connectivity index (χ2v) is 12.2. The molecule has 6 aromatic carbocycles. The maximum atomic E-state index is 10.3. The second-order valence-electron chi connectivity index (χ2n) is 11.0. The lowest BCUT2D eigenvalue weighted by molar-refractivity contribution is 0.472. The molecular weight excluding hydrogens is 504 g/mol. The van der Waals surface area contributed by atoms with Gasteiger partial charge in [0.15, 0.2) is 0 Å². The average Bonchev–Trinajstić information content (AvgIpc) is 3.37. The number of hydrogen-bond acceptors (Lipinski definition) is 2. The third kappa shape index (κ3) is 3.78. The highest BCUT2D eigenvalue weighted by atomic mass is 32.2. The summed E-state index contributed by atoms with van der Waals surface area (Å²) in [5.74, 6) is 1.07. The summed E-state index contributed by atoms with van der Waals surface area (Å²) < 4.78 is 0. The van der Waals surface area contributed by atoms with E-state index in [2.05, 4.69) is 121 Å². The summed E-state index contributed by atoms with van der Waals surface area (Å²) in [6, 6.07) is 43.4. The Morgan fingerprint density at radius 2 is 1.23 bits per heavy atom. The predicted octanol–water partition coefficient (Wildman–Crippen LogP) is 10.3. The fourth-order valence-electron chi connectivity index (χ4n) is 6.94. The first-order valence-electron chi connectivity index (χ1n) is 14.0. The molecular formula is C38H28OS. The van der Waals surface area contributed by atoms with Crippen LogP contribution in [-0.4, -0.2) is 10.4 Å². The van der Waals surface area contributed by atoms with Crippen molar-refractivity contribution in [2.45, 2.75) is 28.4 Å². The number of allylic oxidation sites excluding steroid dienone is 1. The van der Waals surface area contributed by atoms with Gasteiger partial charge in [0, 0.05) is 22.0 Å². The van der Waals surface area contributed by atoms with E-state index < -0.39 is 0 Å². The molecule has 1 aliphatic heterocycles. The summed E-state index contributed by atoms with van der Waals surface area (Å²) >= 11 is 1.93. The molecule has 2 aliphatic rings. The smallest absolute Gasteiger partial charge is 0.115 e. The minimum atomic E-state index is 0.301. The highest BCUT2D eigenvalue weighted by Crippen LogP contribution is 2.54. The molecule has 0 radical (unpaired) electrons. The average molecular weight is 533 g/mol.